The molecule has 1 aliphatic rings. The first kappa shape index (κ1) is 24.7. The highest BCUT2D eigenvalue weighted by Gasteiger charge is 2.39. The first-order valence-corrected chi connectivity index (χ1v) is 9.85. The first-order chi connectivity index (χ1) is 13.3. The van der Waals surface area contributed by atoms with E-state index < -0.39 is 29.1 Å². The Kier molecular flexibility index (Phi) is 8.47. The maximum Gasteiger partial charge on any atom is 0.410 e. The molecule has 1 heterocycles. The Morgan fingerprint density at radius 2 is 1.66 bits per heavy atom. The number of nitrogens with zero attached hydrogens (tertiary/aromatic N) is 2. The standard InChI is InChI=1S/C20H34N2O7/c1-8-28-17(25)20(5,6)10-9-15(23)22-12-11-21(13-14(22)16(24)27-7)18(26)29-19(2,3)4/h14H,8-13H2,1-7H3/t14-/m0/s1. The molecule has 2 amide bonds. The maximum atomic E-state index is 12.8. The average molecular weight is 414 g/mol. The van der Waals surface area contributed by atoms with Crippen molar-refractivity contribution in [2.45, 2.75) is 66.0 Å². The molecule has 0 aromatic heterocycles. The molecule has 0 aromatic rings. The molecule has 0 aliphatic carbocycles. The molecule has 0 spiro atoms. The molecule has 0 saturated carbocycles. The van der Waals surface area contributed by atoms with Gasteiger partial charge in [0.1, 0.15) is 11.6 Å². The summed E-state index contributed by atoms with van der Waals surface area (Å²) >= 11 is 0. The Morgan fingerprint density at radius 3 is 2.17 bits per heavy atom. The molecule has 0 unspecified atom stereocenters. The van der Waals surface area contributed by atoms with E-state index in [4.69, 9.17) is 14.2 Å². The molecule has 1 rings (SSSR count). The molecule has 0 N–H and O–H groups in total. The van der Waals surface area contributed by atoms with E-state index in [1.807, 2.05) is 0 Å². The van der Waals surface area contributed by atoms with Gasteiger partial charge in [-0.15, -0.1) is 0 Å². The van der Waals surface area contributed by atoms with E-state index in [-0.39, 0.29) is 51.0 Å². The third-order valence-electron chi connectivity index (χ3n) is 4.62. The quantitative estimate of drug-likeness (QED) is 0.484. The highest BCUT2D eigenvalue weighted by molar-refractivity contribution is 5.86. The molecule has 166 valence electrons. The van der Waals surface area contributed by atoms with Gasteiger partial charge in [-0.2, -0.15) is 0 Å². The molecule has 9 heteroatoms. The van der Waals surface area contributed by atoms with E-state index in [1.54, 1.807) is 41.5 Å². The summed E-state index contributed by atoms with van der Waals surface area (Å²) in [5.74, 6) is -1.25. The fourth-order valence-electron chi connectivity index (χ4n) is 2.90. The summed E-state index contributed by atoms with van der Waals surface area (Å²) in [7, 11) is 1.24. The van der Waals surface area contributed by atoms with Crippen LogP contribution in [0.15, 0.2) is 0 Å². The predicted molar refractivity (Wildman–Crippen MR) is 105 cm³/mol. The summed E-state index contributed by atoms with van der Waals surface area (Å²) in [5.41, 5.74) is -1.48. The van der Waals surface area contributed by atoms with E-state index in [0.717, 1.165) is 0 Å². The number of esters is 2. The highest BCUT2D eigenvalue weighted by Crippen LogP contribution is 2.26. The summed E-state index contributed by atoms with van der Waals surface area (Å²) in [4.78, 5) is 52.2. The van der Waals surface area contributed by atoms with Crippen molar-refractivity contribution in [1.29, 1.82) is 0 Å². The van der Waals surface area contributed by atoms with Crippen LogP contribution in [0.25, 0.3) is 0 Å². The highest BCUT2D eigenvalue weighted by atomic mass is 16.6. The van der Waals surface area contributed by atoms with Crippen molar-refractivity contribution in [3.63, 3.8) is 0 Å². The van der Waals surface area contributed by atoms with Crippen LogP contribution in [0.5, 0.6) is 0 Å². The number of ether oxygens (including phenoxy) is 3. The molecular weight excluding hydrogens is 380 g/mol. The zero-order valence-electron chi connectivity index (χ0n) is 18.6. The van der Waals surface area contributed by atoms with Gasteiger partial charge < -0.3 is 24.0 Å². The zero-order valence-corrected chi connectivity index (χ0v) is 18.6. The van der Waals surface area contributed by atoms with E-state index in [9.17, 15) is 19.2 Å². The monoisotopic (exact) mass is 414 g/mol. The third-order valence-corrected chi connectivity index (χ3v) is 4.62. The van der Waals surface area contributed by atoms with Crippen LogP contribution in [0.3, 0.4) is 0 Å². The Bertz CT molecular complexity index is 625. The molecule has 29 heavy (non-hydrogen) atoms. The lowest BCUT2D eigenvalue weighted by Gasteiger charge is -2.40. The van der Waals surface area contributed by atoms with Gasteiger partial charge >= 0.3 is 18.0 Å². The van der Waals surface area contributed by atoms with Crippen LogP contribution in [0.1, 0.15) is 54.4 Å². The van der Waals surface area contributed by atoms with Crippen LogP contribution in [-0.4, -0.2) is 78.7 Å². The number of carbonyl (C=O) groups excluding carboxylic acids is 4. The number of amides is 2. The largest absolute Gasteiger partial charge is 0.467 e. The van der Waals surface area contributed by atoms with Gasteiger partial charge in [0, 0.05) is 19.5 Å². The number of rotatable bonds is 6. The first-order valence-electron chi connectivity index (χ1n) is 9.85. The van der Waals surface area contributed by atoms with Gasteiger partial charge in [0.15, 0.2) is 0 Å². The third kappa shape index (κ3) is 7.21. The number of carbonyl (C=O) groups is 4. The summed E-state index contributed by atoms with van der Waals surface area (Å²) in [6, 6.07) is -0.917. The van der Waals surface area contributed by atoms with Crippen LogP contribution in [0.4, 0.5) is 4.79 Å². The van der Waals surface area contributed by atoms with Gasteiger partial charge in [-0.3, -0.25) is 9.59 Å². The van der Waals surface area contributed by atoms with Crippen molar-refractivity contribution < 1.29 is 33.4 Å². The molecular formula is C20H34N2O7. The van der Waals surface area contributed by atoms with Gasteiger partial charge in [-0.25, -0.2) is 9.59 Å². The molecule has 0 radical (unpaired) electrons. The van der Waals surface area contributed by atoms with Gasteiger partial charge in [0.2, 0.25) is 5.91 Å². The summed E-state index contributed by atoms with van der Waals surface area (Å²) < 4.78 is 15.2. The van der Waals surface area contributed by atoms with Crippen LogP contribution in [-0.2, 0) is 28.6 Å². The molecule has 9 nitrogen and oxygen atoms in total. The Balaban J connectivity index is 2.82. The Hall–Kier alpha value is -2.32. The molecule has 0 bridgehead atoms. The number of methoxy groups -OCH3 is 1. The van der Waals surface area contributed by atoms with Crippen molar-refractivity contribution in [2.24, 2.45) is 5.41 Å². The summed E-state index contributed by atoms with van der Waals surface area (Å²) in [5, 5.41) is 0. The molecule has 1 fully saturated rings. The second kappa shape index (κ2) is 9.93. The average Bonchev–Trinajstić information content (AvgIpc) is 2.63. The van der Waals surface area contributed by atoms with Crippen molar-refractivity contribution >= 4 is 23.9 Å². The second-order valence-corrected chi connectivity index (χ2v) is 8.66. The minimum Gasteiger partial charge on any atom is -0.467 e. The van der Waals surface area contributed by atoms with E-state index >= 15 is 0 Å². The van der Waals surface area contributed by atoms with Crippen molar-refractivity contribution in [3.8, 4) is 0 Å². The molecule has 1 saturated heterocycles. The van der Waals surface area contributed by atoms with E-state index in [0.29, 0.717) is 0 Å². The molecule has 1 atom stereocenters. The van der Waals surface area contributed by atoms with E-state index in [1.165, 1.54) is 16.9 Å². The fraction of sp³-hybridized carbons (Fsp3) is 0.800. The zero-order chi connectivity index (χ0) is 22.4. The summed E-state index contributed by atoms with van der Waals surface area (Å²) in [6.45, 7) is 11.1. The number of hydrogen-bond acceptors (Lipinski definition) is 7. The van der Waals surface area contributed by atoms with Crippen molar-refractivity contribution in [2.75, 3.05) is 33.4 Å². The Labute approximate surface area is 172 Å². The Morgan fingerprint density at radius 1 is 1.03 bits per heavy atom. The van der Waals surface area contributed by atoms with Crippen molar-refractivity contribution in [1.82, 2.24) is 9.80 Å². The lowest BCUT2D eigenvalue weighted by atomic mass is 9.87. The smallest absolute Gasteiger partial charge is 0.410 e. The minimum absolute atomic E-state index is 0.00536. The molecule has 0 aromatic carbocycles. The number of piperazine rings is 1. The van der Waals surface area contributed by atoms with Crippen LogP contribution < -0.4 is 0 Å². The summed E-state index contributed by atoms with van der Waals surface area (Å²) in [6.07, 6.45) is -0.182. The lowest BCUT2D eigenvalue weighted by molar-refractivity contribution is -0.158. The minimum atomic E-state index is -0.917. The predicted octanol–water partition coefficient (Wildman–Crippen LogP) is 1.98. The van der Waals surface area contributed by atoms with Gasteiger partial charge in [-0.05, 0) is 48.0 Å². The normalized spacial score (nSPS) is 17.6. The van der Waals surface area contributed by atoms with E-state index in [2.05, 4.69) is 0 Å². The SMILES string of the molecule is CCOC(=O)C(C)(C)CCC(=O)N1CCN(C(=O)OC(C)(C)C)C[C@H]1C(=O)OC. The van der Waals surface area contributed by atoms with Crippen LogP contribution >= 0.6 is 0 Å². The lowest BCUT2D eigenvalue weighted by Crippen LogP contribution is -2.60. The van der Waals surface area contributed by atoms with Crippen LogP contribution in [0, 0.1) is 5.41 Å². The second-order valence-electron chi connectivity index (χ2n) is 8.66. The van der Waals surface area contributed by atoms with Crippen LogP contribution in [0.2, 0.25) is 0 Å². The topological polar surface area (TPSA) is 102 Å². The maximum absolute atomic E-state index is 12.8. The van der Waals surface area contributed by atoms with Gasteiger partial charge in [-0.1, -0.05) is 0 Å². The van der Waals surface area contributed by atoms with Gasteiger partial charge in [0.05, 0.1) is 25.7 Å². The van der Waals surface area contributed by atoms with Crippen molar-refractivity contribution in [3.05, 3.63) is 0 Å². The molecule has 1 aliphatic heterocycles. The number of hydrogen-bond donors (Lipinski definition) is 0. The van der Waals surface area contributed by atoms with Gasteiger partial charge in [0.25, 0.3) is 0 Å². The fourth-order valence-corrected chi connectivity index (χ4v) is 2.90.